The Morgan fingerprint density at radius 1 is 1.45 bits per heavy atom. The number of rotatable bonds is 4. The number of allylic oxidation sites excluding steroid dienone is 4. The van der Waals surface area contributed by atoms with E-state index in [0.717, 1.165) is 17.7 Å². The molecule has 0 heterocycles. The number of aliphatic imine (C=N–C) groups is 1. The molecular formula is C10H15N. The van der Waals surface area contributed by atoms with Crippen LogP contribution in [0.25, 0.3) is 0 Å². The molecule has 0 aliphatic heterocycles. The van der Waals surface area contributed by atoms with Crippen molar-refractivity contribution >= 4 is 5.71 Å². The van der Waals surface area contributed by atoms with E-state index < -0.39 is 0 Å². The largest absolute Gasteiger partial charge is 0.293 e. The zero-order valence-electron chi connectivity index (χ0n) is 7.30. The molecule has 0 saturated carbocycles. The van der Waals surface area contributed by atoms with E-state index in [1.165, 1.54) is 0 Å². The Bertz CT molecular complexity index is 197. The Hall–Kier alpha value is -1.11. The van der Waals surface area contributed by atoms with Crippen molar-refractivity contribution in [3.63, 3.8) is 0 Å². The van der Waals surface area contributed by atoms with Crippen molar-refractivity contribution in [2.45, 2.75) is 13.3 Å². The van der Waals surface area contributed by atoms with Gasteiger partial charge in [0.15, 0.2) is 0 Å². The Balaban J connectivity index is 4.33. The minimum Gasteiger partial charge on any atom is -0.293 e. The third-order valence-corrected chi connectivity index (χ3v) is 1.39. The number of hydrogen-bond donors (Lipinski definition) is 0. The second-order valence-electron chi connectivity index (χ2n) is 2.28. The summed E-state index contributed by atoms with van der Waals surface area (Å²) in [4.78, 5) is 4.02. The molecule has 0 atom stereocenters. The summed E-state index contributed by atoms with van der Waals surface area (Å²) >= 11 is 0. The highest BCUT2D eigenvalue weighted by Gasteiger charge is 1.88. The smallest absolute Gasteiger partial charge is 0.0316 e. The number of hydrogen-bond acceptors (Lipinski definition) is 1. The quantitative estimate of drug-likeness (QED) is 0.331. The van der Waals surface area contributed by atoms with Crippen LogP contribution in [0.1, 0.15) is 13.3 Å². The molecule has 1 heteroatoms. The molecule has 0 aromatic carbocycles. The summed E-state index contributed by atoms with van der Waals surface area (Å²) in [6.07, 6.45) is 6.55. The van der Waals surface area contributed by atoms with Gasteiger partial charge in [-0.15, -0.1) is 6.58 Å². The van der Waals surface area contributed by atoms with E-state index in [1.807, 2.05) is 25.2 Å². The third kappa shape index (κ3) is 4.31. The Kier molecular flexibility index (Phi) is 5.09. The minimum atomic E-state index is 0.858. The van der Waals surface area contributed by atoms with Crippen molar-refractivity contribution in [3.05, 3.63) is 37.0 Å². The number of nitrogens with zero attached hydrogens (tertiary/aromatic N) is 1. The molecule has 0 spiro atoms. The minimum absolute atomic E-state index is 0.858. The van der Waals surface area contributed by atoms with Crippen LogP contribution in [0.5, 0.6) is 0 Å². The van der Waals surface area contributed by atoms with Crippen molar-refractivity contribution < 1.29 is 0 Å². The molecule has 60 valence electrons. The normalized spacial score (nSPS) is 12.9. The predicted molar refractivity (Wildman–Crippen MR) is 52.1 cm³/mol. The lowest BCUT2D eigenvalue weighted by Crippen LogP contribution is -1.86. The predicted octanol–water partition coefficient (Wildman–Crippen LogP) is 2.77. The molecule has 0 bridgehead atoms. The first-order valence-electron chi connectivity index (χ1n) is 3.62. The lowest BCUT2D eigenvalue weighted by atomic mass is 10.1. The van der Waals surface area contributed by atoms with Gasteiger partial charge in [0.1, 0.15) is 0 Å². The van der Waals surface area contributed by atoms with Crippen LogP contribution in [0.3, 0.4) is 0 Å². The highest BCUT2D eigenvalue weighted by Crippen LogP contribution is 2.02. The fourth-order valence-electron chi connectivity index (χ4n) is 0.701. The molecular weight excluding hydrogens is 134 g/mol. The molecule has 0 rings (SSSR count). The van der Waals surface area contributed by atoms with E-state index in [0.29, 0.717) is 0 Å². The van der Waals surface area contributed by atoms with Crippen molar-refractivity contribution in [1.29, 1.82) is 0 Å². The summed E-state index contributed by atoms with van der Waals surface area (Å²) in [5.74, 6) is 0. The molecule has 0 aromatic heterocycles. The molecule has 0 aliphatic rings. The maximum Gasteiger partial charge on any atom is 0.0316 e. The van der Waals surface area contributed by atoms with E-state index in [4.69, 9.17) is 0 Å². The van der Waals surface area contributed by atoms with Crippen molar-refractivity contribution in [1.82, 2.24) is 0 Å². The van der Waals surface area contributed by atoms with E-state index in [9.17, 15) is 0 Å². The fourth-order valence-corrected chi connectivity index (χ4v) is 0.701. The Morgan fingerprint density at radius 2 is 2.09 bits per heavy atom. The van der Waals surface area contributed by atoms with Crippen LogP contribution in [0, 0.1) is 0 Å². The first kappa shape index (κ1) is 9.89. The average Bonchev–Trinajstić information content (AvgIpc) is 2.03. The molecule has 0 aliphatic carbocycles. The van der Waals surface area contributed by atoms with Crippen molar-refractivity contribution in [3.8, 4) is 0 Å². The average molecular weight is 149 g/mol. The Morgan fingerprint density at radius 3 is 2.45 bits per heavy atom. The van der Waals surface area contributed by atoms with Gasteiger partial charge < -0.3 is 0 Å². The Labute approximate surface area is 68.9 Å². The second kappa shape index (κ2) is 5.66. The molecule has 0 unspecified atom stereocenters. The zero-order chi connectivity index (χ0) is 8.69. The molecule has 0 amide bonds. The van der Waals surface area contributed by atoms with Gasteiger partial charge in [0, 0.05) is 12.8 Å². The van der Waals surface area contributed by atoms with Crippen molar-refractivity contribution in [2.24, 2.45) is 4.99 Å². The van der Waals surface area contributed by atoms with Gasteiger partial charge in [-0.3, -0.25) is 4.99 Å². The summed E-state index contributed by atoms with van der Waals surface area (Å²) in [6, 6.07) is 0. The summed E-state index contributed by atoms with van der Waals surface area (Å²) in [5, 5.41) is 0. The standard InChI is InChI=1S/C10H15N/c1-5-7-10(6-2)8-9(3)11-4/h5-6,8H,1-2,7H2,3-4H3/b10-8-,11-9?. The van der Waals surface area contributed by atoms with E-state index in [1.54, 1.807) is 7.05 Å². The maximum atomic E-state index is 4.02. The van der Waals surface area contributed by atoms with Crippen LogP contribution in [-0.4, -0.2) is 12.8 Å². The van der Waals surface area contributed by atoms with Crippen LogP contribution >= 0.6 is 0 Å². The third-order valence-electron chi connectivity index (χ3n) is 1.39. The van der Waals surface area contributed by atoms with Gasteiger partial charge in [-0.05, 0) is 25.0 Å². The van der Waals surface area contributed by atoms with Gasteiger partial charge in [-0.2, -0.15) is 0 Å². The molecule has 11 heavy (non-hydrogen) atoms. The second-order valence-corrected chi connectivity index (χ2v) is 2.28. The lowest BCUT2D eigenvalue weighted by Gasteiger charge is -1.95. The van der Waals surface area contributed by atoms with Crippen LogP contribution in [0.4, 0.5) is 0 Å². The molecule has 0 saturated heterocycles. The van der Waals surface area contributed by atoms with Gasteiger partial charge in [0.05, 0.1) is 0 Å². The highest BCUT2D eigenvalue weighted by molar-refractivity contribution is 5.93. The monoisotopic (exact) mass is 149 g/mol. The lowest BCUT2D eigenvalue weighted by molar-refractivity contribution is 1.30. The van der Waals surface area contributed by atoms with Crippen LogP contribution < -0.4 is 0 Å². The van der Waals surface area contributed by atoms with Gasteiger partial charge in [0.2, 0.25) is 0 Å². The SMILES string of the molecule is C=CC/C(C=C)=C\C(C)=NC. The molecule has 0 radical (unpaired) electrons. The van der Waals surface area contributed by atoms with Gasteiger partial charge >= 0.3 is 0 Å². The molecule has 0 fully saturated rings. The summed E-state index contributed by atoms with van der Waals surface area (Å²) in [5.41, 5.74) is 2.17. The molecule has 1 nitrogen and oxygen atoms in total. The molecule has 0 aromatic rings. The van der Waals surface area contributed by atoms with Crippen LogP contribution in [0.2, 0.25) is 0 Å². The molecule has 0 N–H and O–H groups in total. The summed E-state index contributed by atoms with van der Waals surface area (Å²) in [7, 11) is 1.78. The maximum absolute atomic E-state index is 4.02. The van der Waals surface area contributed by atoms with Crippen molar-refractivity contribution in [2.75, 3.05) is 7.05 Å². The van der Waals surface area contributed by atoms with Crippen LogP contribution in [-0.2, 0) is 0 Å². The first-order valence-corrected chi connectivity index (χ1v) is 3.62. The van der Waals surface area contributed by atoms with Gasteiger partial charge in [0.25, 0.3) is 0 Å². The van der Waals surface area contributed by atoms with E-state index >= 15 is 0 Å². The van der Waals surface area contributed by atoms with Crippen LogP contribution in [0.15, 0.2) is 42.0 Å². The van der Waals surface area contributed by atoms with Gasteiger partial charge in [-0.1, -0.05) is 18.7 Å². The van der Waals surface area contributed by atoms with Gasteiger partial charge in [-0.25, -0.2) is 0 Å². The van der Waals surface area contributed by atoms with E-state index in [-0.39, 0.29) is 0 Å². The highest BCUT2D eigenvalue weighted by atomic mass is 14.7. The fraction of sp³-hybridized carbons (Fsp3) is 0.300. The topological polar surface area (TPSA) is 12.4 Å². The zero-order valence-corrected chi connectivity index (χ0v) is 7.30. The van der Waals surface area contributed by atoms with E-state index in [2.05, 4.69) is 18.2 Å². The summed E-state index contributed by atoms with van der Waals surface area (Å²) in [6.45, 7) is 9.31. The first-order chi connectivity index (χ1) is 5.24. The summed E-state index contributed by atoms with van der Waals surface area (Å²) < 4.78 is 0.